The predicted octanol–water partition coefficient (Wildman–Crippen LogP) is 4.47. The van der Waals surface area contributed by atoms with E-state index in [1.807, 2.05) is 6.07 Å². The second-order valence-electron chi connectivity index (χ2n) is 4.89. The van der Waals surface area contributed by atoms with Crippen molar-refractivity contribution in [3.8, 4) is 0 Å². The van der Waals surface area contributed by atoms with Crippen molar-refractivity contribution in [1.29, 1.82) is 0 Å². The summed E-state index contributed by atoms with van der Waals surface area (Å²) >= 11 is 8.09. The molecule has 1 N–H and O–H groups in total. The second-order valence-corrected chi connectivity index (χ2v) is 6.08. The molecule has 0 saturated heterocycles. The molecule has 1 heterocycles. The van der Waals surface area contributed by atoms with Crippen LogP contribution in [-0.2, 0) is 12.8 Å². The van der Waals surface area contributed by atoms with E-state index in [-0.39, 0.29) is 0 Å². The Labute approximate surface area is 124 Å². The summed E-state index contributed by atoms with van der Waals surface area (Å²) in [6, 6.07) is 8.97. The Hall–Kier alpha value is -0.830. The highest BCUT2D eigenvalue weighted by atomic mass is 35.5. The van der Waals surface area contributed by atoms with E-state index < -0.39 is 0 Å². The number of halogens is 1. The Morgan fingerprint density at radius 2 is 2.11 bits per heavy atom. The lowest BCUT2D eigenvalue weighted by Gasteiger charge is -2.18. The van der Waals surface area contributed by atoms with Crippen molar-refractivity contribution in [3.05, 3.63) is 56.7 Å². The third kappa shape index (κ3) is 4.34. The van der Waals surface area contributed by atoms with Crippen LogP contribution >= 0.6 is 22.9 Å². The molecule has 19 heavy (non-hydrogen) atoms. The van der Waals surface area contributed by atoms with Crippen LogP contribution in [0.25, 0.3) is 0 Å². The molecule has 1 atom stereocenters. The van der Waals surface area contributed by atoms with Crippen LogP contribution in [-0.4, -0.2) is 12.6 Å². The average molecular weight is 294 g/mol. The first kappa shape index (κ1) is 14.6. The standard InChI is InChI=1S/C16H20ClNS/c1-3-18-15(9-13-6-7-19-11-13)10-14-5-4-12(2)8-16(14)17/h4-8,11,15,18H,3,9-10H2,1-2H3. The molecule has 1 aromatic heterocycles. The quantitative estimate of drug-likeness (QED) is 0.828. The molecule has 0 aliphatic rings. The zero-order valence-corrected chi connectivity index (χ0v) is 13.0. The number of benzene rings is 1. The van der Waals surface area contributed by atoms with E-state index in [0.717, 1.165) is 24.4 Å². The smallest absolute Gasteiger partial charge is 0.0441 e. The number of aryl methyl sites for hydroxylation is 1. The molecule has 0 aliphatic carbocycles. The number of likely N-dealkylation sites (N-methyl/N-ethyl adjacent to an activating group) is 1. The molecule has 1 nitrogen and oxygen atoms in total. The third-order valence-corrected chi connectivity index (χ3v) is 4.31. The molecule has 0 fully saturated rings. The monoisotopic (exact) mass is 293 g/mol. The lowest BCUT2D eigenvalue weighted by molar-refractivity contribution is 0.522. The molecule has 0 radical (unpaired) electrons. The van der Waals surface area contributed by atoms with Gasteiger partial charge in [-0.25, -0.2) is 0 Å². The number of thiophene rings is 1. The van der Waals surface area contributed by atoms with Gasteiger partial charge in [0.2, 0.25) is 0 Å². The first-order chi connectivity index (χ1) is 9.19. The van der Waals surface area contributed by atoms with Gasteiger partial charge in [-0.1, -0.05) is 30.7 Å². The van der Waals surface area contributed by atoms with Crippen LogP contribution in [0.5, 0.6) is 0 Å². The molecule has 1 unspecified atom stereocenters. The summed E-state index contributed by atoms with van der Waals surface area (Å²) in [7, 11) is 0. The van der Waals surface area contributed by atoms with Crippen LogP contribution in [0.15, 0.2) is 35.0 Å². The van der Waals surface area contributed by atoms with Gasteiger partial charge in [-0.2, -0.15) is 11.3 Å². The average Bonchev–Trinajstić information content (AvgIpc) is 2.86. The minimum Gasteiger partial charge on any atom is -0.314 e. The summed E-state index contributed by atoms with van der Waals surface area (Å²) in [4.78, 5) is 0. The highest BCUT2D eigenvalue weighted by Gasteiger charge is 2.12. The molecule has 0 saturated carbocycles. The topological polar surface area (TPSA) is 12.0 Å². The van der Waals surface area contributed by atoms with Gasteiger partial charge in [0.1, 0.15) is 0 Å². The molecule has 1 aromatic carbocycles. The summed E-state index contributed by atoms with van der Waals surface area (Å²) in [6.07, 6.45) is 2.03. The van der Waals surface area contributed by atoms with Gasteiger partial charge in [0.05, 0.1) is 0 Å². The van der Waals surface area contributed by atoms with Gasteiger partial charge in [-0.3, -0.25) is 0 Å². The highest BCUT2D eigenvalue weighted by molar-refractivity contribution is 7.07. The van der Waals surface area contributed by atoms with E-state index in [4.69, 9.17) is 11.6 Å². The van der Waals surface area contributed by atoms with Gasteiger partial charge >= 0.3 is 0 Å². The van der Waals surface area contributed by atoms with E-state index >= 15 is 0 Å². The Balaban J connectivity index is 2.07. The fraction of sp³-hybridized carbons (Fsp3) is 0.375. The zero-order chi connectivity index (χ0) is 13.7. The van der Waals surface area contributed by atoms with E-state index in [1.165, 1.54) is 16.7 Å². The molecule has 102 valence electrons. The van der Waals surface area contributed by atoms with Crippen LogP contribution in [0.2, 0.25) is 5.02 Å². The van der Waals surface area contributed by atoms with E-state index in [0.29, 0.717) is 6.04 Å². The van der Waals surface area contributed by atoms with Crippen molar-refractivity contribution < 1.29 is 0 Å². The van der Waals surface area contributed by atoms with Crippen molar-refractivity contribution in [2.75, 3.05) is 6.54 Å². The summed E-state index contributed by atoms with van der Waals surface area (Å²) in [5.41, 5.74) is 3.85. The molecule has 0 amide bonds. The molecular weight excluding hydrogens is 274 g/mol. The molecular formula is C16H20ClNS. The summed E-state index contributed by atoms with van der Waals surface area (Å²) in [5, 5.41) is 8.80. The van der Waals surface area contributed by atoms with Gasteiger partial charge in [0.15, 0.2) is 0 Å². The minimum atomic E-state index is 0.444. The maximum Gasteiger partial charge on any atom is 0.0441 e. The summed E-state index contributed by atoms with van der Waals surface area (Å²) in [5.74, 6) is 0. The van der Waals surface area contributed by atoms with Crippen molar-refractivity contribution in [3.63, 3.8) is 0 Å². The Morgan fingerprint density at radius 1 is 1.26 bits per heavy atom. The van der Waals surface area contributed by atoms with Gasteiger partial charge in [-0.05, 0) is 65.9 Å². The van der Waals surface area contributed by atoms with Gasteiger partial charge in [-0.15, -0.1) is 0 Å². The molecule has 2 rings (SSSR count). The van der Waals surface area contributed by atoms with Gasteiger partial charge in [0, 0.05) is 11.1 Å². The lowest BCUT2D eigenvalue weighted by Crippen LogP contribution is -2.33. The van der Waals surface area contributed by atoms with Crippen molar-refractivity contribution in [1.82, 2.24) is 5.32 Å². The molecule has 0 spiro atoms. The number of hydrogen-bond donors (Lipinski definition) is 1. The van der Waals surface area contributed by atoms with Crippen LogP contribution in [0.1, 0.15) is 23.6 Å². The van der Waals surface area contributed by atoms with Crippen LogP contribution in [0.4, 0.5) is 0 Å². The van der Waals surface area contributed by atoms with Crippen molar-refractivity contribution in [2.24, 2.45) is 0 Å². The van der Waals surface area contributed by atoms with E-state index in [2.05, 4.69) is 48.1 Å². The first-order valence-corrected chi connectivity index (χ1v) is 8.00. The molecule has 2 aromatic rings. The van der Waals surface area contributed by atoms with E-state index in [9.17, 15) is 0 Å². The maximum atomic E-state index is 6.33. The SMILES string of the molecule is CCNC(Cc1ccsc1)Cc1ccc(C)cc1Cl. The fourth-order valence-corrected chi connectivity index (χ4v) is 3.28. The number of rotatable bonds is 6. The van der Waals surface area contributed by atoms with Crippen molar-refractivity contribution in [2.45, 2.75) is 32.7 Å². The maximum absolute atomic E-state index is 6.33. The first-order valence-electron chi connectivity index (χ1n) is 6.68. The number of hydrogen-bond acceptors (Lipinski definition) is 2. The minimum absolute atomic E-state index is 0.444. The largest absolute Gasteiger partial charge is 0.314 e. The highest BCUT2D eigenvalue weighted by Crippen LogP contribution is 2.20. The molecule has 3 heteroatoms. The third-order valence-electron chi connectivity index (χ3n) is 3.23. The molecule has 0 aliphatic heterocycles. The summed E-state index contributed by atoms with van der Waals surface area (Å²) in [6.45, 7) is 5.21. The van der Waals surface area contributed by atoms with E-state index in [1.54, 1.807) is 11.3 Å². The Morgan fingerprint density at radius 3 is 2.74 bits per heavy atom. The normalized spacial score (nSPS) is 12.6. The second kappa shape index (κ2) is 7.09. The Kier molecular flexibility index (Phi) is 5.44. The Bertz CT molecular complexity index is 507. The summed E-state index contributed by atoms with van der Waals surface area (Å²) < 4.78 is 0. The van der Waals surface area contributed by atoms with Crippen LogP contribution in [0.3, 0.4) is 0 Å². The van der Waals surface area contributed by atoms with Gasteiger partial charge < -0.3 is 5.32 Å². The van der Waals surface area contributed by atoms with Crippen LogP contribution in [0, 0.1) is 6.92 Å². The van der Waals surface area contributed by atoms with Crippen molar-refractivity contribution >= 4 is 22.9 Å². The lowest BCUT2D eigenvalue weighted by atomic mass is 9.99. The predicted molar refractivity (Wildman–Crippen MR) is 85.4 cm³/mol. The number of nitrogens with one attached hydrogen (secondary N) is 1. The van der Waals surface area contributed by atoms with Crippen LogP contribution < -0.4 is 5.32 Å². The molecule has 0 bridgehead atoms. The van der Waals surface area contributed by atoms with Gasteiger partial charge in [0.25, 0.3) is 0 Å². The fourth-order valence-electron chi connectivity index (χ4n) is 2.28. The zero-order valence-electron chi connectivity index (χ0n) is 11.4.